The molecule has 0 aliphatic carbocycles. The zero-order valence-corrected chi connectivity index (χ0v) is 14.6. The SMILES string of the molecule is CN1c2ccccc2-c2ccccc2[C@@]12C=Cc1cc([N+](=O)[O-])ccc1O2. The predicted octanol–water partition coefficient (Wildman–Crippen LogP) is 4.97. The van der Waals surface area contributed by atoms with Crippen LogP contribution in [0.4, 0.5) is 11.4 Å². The molecular formula is C22H16N2O3. The van der Waals surface area contributed by atoms with Crippen LogP contribution in [-0.2, 0) is 5.72 Å². The van der Waals surface area contributed by atoms with E-state index in [0.717, 1.165) is 22.4 Å². The van der Waals surface area contributed by atoms with Crippen LogP contribution in [0.1, 0.15) is 11.1 Å². The average molecular weight is 356 g/mol. The Kier molecular flexibility index (Phi) is 3.15. The fraction of sp³-hybridized carbons (Fsp3) is 0.0909. The molecule has 0 amide bonds. The first-order valence-corrected chi connectivity index (χ1v) is 8.69. The number of likely N-dealkylation sites (N-methyl/N-ethyl adjacent to an activating group) is 1. The van der Waals surface area contributed by atoms with Crippen molar-refractivity contribution in [1.29, 1.82) is 0 Å². The zero-order chi connectivity index (χ0) is 18.6. The molecule has 27 heavy (non-hydrogen) atoms. The Bertz CT molecular complexity index is 1120. The van der Waals surface area contributed by atoms with Gasteiger partial charge in [0.1, 0.15) is 5.75 Å². The summed E-state index contributed by atoms with van der Waals surface area (Å²) in [7, 11) is 2.01. The molecule has 3 aromatic carbocycles. The van der Waals surface area contributed by atoms with Crippen LogP contribution in [-0.4, -0.2) is 12.0 Å². The van der Waals surface area contributed by atoms with Crippen molar-refractivity contribution >= 4 is 17.5 Å². The van der Waals surface area contributed by atoms with E-state index < -0.39 is 10.6 Å². The van der Waals surface area contributed by atoms with Crippen LogP contribution in [0.2, 0.25) is 0 Å². The fourth-order valence-electron chi connectivity index (χ4n) is 3.99. The van der Waals surface area contributed by atoms with Gasteiger partial charge in [0.2, 0.25) is 5.72 Å². The smallest absolute Gasteiger partial charge is 0.270 e. The van der Waals surface area contributed by atoms with E-state index in [2.05, 4.69) is 29.2 Å². The molecule has 0 unspecified atom stereocenters. The Hall–Kier alpha value is -3.60. The third-order valence-corrected chi connectivity index (χ3v) is 5.33. The van der Waals surface area contributed by atoms with Crippen molar-refractivity contribution in [2.45, 2.75) is 5.72 Å². The van der Waals surface area contributed by atoms with Crippen LogP contribution in [0.3, 0.4) is 0 Å². The lowest BCUT2D eigenvalue weighted by molar-refractivity contribution is -0.384. The van der Waals surface area contributed by atoms with Crippen LogP contribution in [0.5, 0.6) is 5.75 Å². The summed E-state index contributed by atoms with van der Waals surface area (Å²) in [4.78, 5) is 12.8. The van der Waals surface area contributed by atoms with Crippen molar-refractivity contribution < 1.29 is 9.66 Å². The summed E-state index contributed by atoms with van der Waals surface area (Å²) in [5, 5.41) is 11.1. The normalized spacial score (nSPS) is 19.1. The minimum atomic E-state index is -0.798. The number of fused-ring (bicyclic) bond motifs is 5. The molecule has 5 rings (SSSR count). The maximum absolute atomic E-state index is 11.1. The molecule has 0 radical (unpaired) electrons. The highest BCUT2D eigenvalue weighted by molar-refractivity contribution is 5.87. The van der Waals surface area contributed by atoms with Gasteiger partial charge in [-0.1, -0.05) is 42.5 Å². The number of ether oxygens (including phenoxy) is 1. The van der Waals surface area contributed by atoms with Crippen molar-refractivity contribution in [1.82, 2.24) is 0 Å². The standard InChI is InChI=1S/C22H16N2O3/c1-23-20-9-5-3-7-18(20)17-6-2-4-8-19(17)22(23)13-12-15-14-16(24(25)26)10-11-21(15)27-22/h2-14H,1H3/t22-/m0/s1. The van der Waals surface area contributed by atoms with Crippen LogP contribution in [0.25, 0.3) is 17.2 Å². The minimum Gasteiger partial charge on any atom is -0.459 e. The second-order valence-electron chi connectivity index (χ2n) is 6.73. The van der Waals surface area contributed by atoms with Gasteiger partial charge in [0.15, 0.2) is 0 Å². The van der Waals surface area contributed by atoms with E-state index in [-0.39, 0.29) is 5.69 Å². The number of hydrogen-bond donors (Lipinski definition) is 0. The molecule has 1 spiro atoms. The summed E-state index contributed by atoms with van der Waals surface area (Å²) < 4.78 is 6.51. The second-order valence-corrected chi connectivity index (χ2v) is 6.73. The summed E-state index contributed by atoms with van der Waals surface area (Å²) in [6.07, 6.45) is 3.89. The van der Waals surface area contributed by atoms with E-state index in [1.54, 1.807) is 12.1 Å². The molecule has 0 bridgehead atoms. The number of hydrogen-bond acceptors (Lipinski definition) is 4. The predicted molar refractivity (Wildman–Crippen MR) is 105 cm³/mol. The summed E-state index contributed by atoms with van der Waals surface area (Å²) in [5.41, 5.74) is 4.38. The highest BCUT2D eigenvalue weighted by atomic mass is 16.6. The number of non-ortho nitro benzene ring substituents is 1. The molecule has 2 aliphatic heterocycles. The summed E-state index contributed by atoms with van der Waals surface area (Å²) >= 11 is 0. The summed E-state index contributed by atoms with van der Waals surface area (Å²) in [6, 6.07) is 21.1. The largest absolute Gasteiger partial charge is 0.459 e. The molecule has 0 saturated heterocycles. The topological polar surface area (TPSA) is 55.6 Å². The van der Waals surface area contributed by atoms with Gasteiger partial charge in [-0.3, -0.25) is 10.1 Å². The van der Waals surface area contributed by atoms with E-state index >= 15 is 0 Å². The van der Waals surface area contributed by atoms with Gasteiger partial charge in [-0.05, 0) is 29.8 Å². The Morgan fingerprint density at radius 2 is 1.74 bits per heavy atom. The molecule has 5 nitrogen and oxygen atoms in total. The van der Waals surface area contributed by atoms with E-state index in [4.69, 9.17) is 4.74 Å². The molecule has 0 saturated carbocycles. The lowest BCUT2D eigenvalue weighted by Gasteiger charge is -2.47. The van der Waals surface area contributed by atoms with Gasteiger partial charge in [-0.2, -0.15) is 0 Å². The maximum Gasteiger partial charge on any atom is 0.270 e. The van der Waals surface area contributed by atoms with Gasteiger partial charge in [-0.25, -0.2) is 0 Å². The van der Waals surface area contributed by atoms with E-state index in [0.29, 0.717) is 11.3 Å². The van der Waals surface area contributed by atoms with E-state index in [1.165, 1.54) is 6.07 Å². The first-order chi connectivity index (χ1) is 13.1. The number of rotatable bonds is 1. The second kappa shape index (κ2) is 5.45. The Balaban J connectivity index is 1.72. The van der Waals surface area contributed by atoms with Gasteiger partial charge in [-0.15, -0.1) is 0 Å². The van der Waals surface area contributed by atoms with Crippen LogP contribution in [0.15, 0.2) is 72.8 Å². The molecule has 2 aliphatic rings. The fourth-order valence-corrected chi connectivity index (χ4v) is 3.99. The highest BCUT2D eigenvalue weighted by Gasteiger charge is 2.45. The zero-order valence-electron chi connectivity index (χ0n) is 14.6. The van der Waals surface area contributed by atoms with Crippen molar-refractivity contribution in [3.05, 3.63) is 94.0 Å². The first-order valence-electron chi connectivity index (χ1n) is 8.69. The number of anilines is 1. The van der Waals surface area contributed by atoms with Gasteiger partial charge in [0, 0.05) is 41.6 Å². The number of para-hydroxylation sites is 1. The molecule has 1 atom stereocenters. The molecular weight excluding hydrogens is 340 g/mol. The van der Waals surface area contributed by atoms with Gasteiger partial charge >= 0.3 is 0 Å². The summed E-state index contributed by atoms with van der Waals surface area (Å²) in [6.45, 7) is 0. The number of nitrogens with zero attached hydrogens (tertiary/aromatic N) is 2. The van der Waals surface area contributed by atoms with Crippen molar-refractivity contribution in [3.8, 4) is 16.9 Å². The third kappa shape index (κ3) is 2.11. The number of benzene rings is 3. The average Bonchev–Trinajstić information content (AvgIpc) is 2.71. The van der Waals surface area contributed by atoms with Crippen LogP contribution >= 0.6 is 0 Å². The highest BCUT2D eigenvalue weighted by Crippen LogP contribution is 2.50. The molecule has 0 N–H and O–H groups in total. The number of nitro benzene ring substituents is 1. The van der Waals surface area contributed by atoms with Crippen molar-refractivity contribution in [2.24, 2.45) is 0 Å². The van der Waals surface area contributed by atoms with E-state index in [9.17, 15) is 10.1 Å². The molecule has 3 aromatic rings. The molecule has 0 fully saturated rings. The van der Waals surface area contributed by atoms with Crippen LogP contribution in [0, 0.1) is 10.1 Å². The molecule has 0 aromatic heterocycles. The Morgan fingerprint density at radius 3 is 2.56 bits per heavy atom. The maximum atomic E-state index is 11.1. The lowest BCUT2D eigenvalue weighted by atomic mass is 9.84. The molecule has 2 heterocycles. The van der Waals surface area contributed by atoms with Crippen LogP contribution < -0.4 is 9.64 Å². The van der Waals surface area contributed by atoms with Gasteiger partial charge in [0.25, 0.3) is 5.69 Å². The molecule has 132 valence electrons. The molecule has 5 heteroatoms. The quantitative estimate of drug-likeness (QED) is 0.456. The Morgan fingerprint density at radius 1 is 1.00 bits per heavy atom. The van der Waals surface area contributed by atoms with Crippen molar-refractivity contribution in [2.75, 3.05) is 11.9 Å². The van der Waals surface area contributed by atoms with Gasteiger partial charge < -0.3 is 9.64 Å². The number of nitro groups is 1. The van der Waals surface area contributed by atoms with Gasteiger partial charge in [0.05, 0.1) is 4.92 Å². The Labute approximate surface area is 156 Å². The van der Waals surface area contributed by atoms with E-state index in [1.807, 2.05) is 43.5 Å². The monoisotopic (exact) mass is 356 g/mol. The van der Waals surface area contributed by atoms with Crippen molar-refractivity contribution in [3.63, 3.8) is 0 Å². The summed E-state index contributed by atoms with van der Waals surface area (Å²) in [5.74, 6) is 0.629. The minimum absolute atomic E-state index is 0.0562. The third-order valence-electron chi connectivity index (χ3n) is 5.33. The first kappa shape index (κ1) is 15.6. The lowest BCUT2D eigenvalue weighted by Crippen LogP contribution is -2.50.